The summed E-state index contributed by atoms with van der Waals surface area (Å²) >= 11 is 0. The van der Waals surface area contributed by atoms with Crippen molar-refractivity contribution in [3.05, 3.63) is 12.4 Å². The third-order valence-electron chi connectivity index (χ3n) is 3.24. The molecule has 0 saturated carbocycles. The largest absolute Gasteiger partial charge is 0.378 e. The second kappa shape index (κ2) is 7.94. The van der Waals surface area contributed by atoms with Gasteiger partial charge in [0.2, 0.25) is 0 Å². The molecule has 106 valence electrons. The van der Waals surface area contributed by atoms with Crippen molar-refractivity contribution < 1.29 is 4.74 Å². The highest BCUT2D eigenvalue weighted by Gasteiger charge is 2.13. The summed E-state index contributed by atoms with van der Waals surface area (Å²) < 4.78 is 5.70. The molecule has 19 heavy (non-hydrogen) atoms. The molecule has 2 N–H and O–H groups in total. The second-order valence-corrected chi connectivity index (χ2v) is 4.92. The average Bonchev–Trinajstić information content (AvgIpc) is 2.47. The first-order valence-electron chi connectivity index (χ1n) is 7.30. The monoisotopic (exact) mass is 264 g/mol. The predicted molar refractivity (Wildman–Crippen MR) is 77.5 cm³/mol. The first kappa shape index (κ1) is 14.1. The summed E-state index contributed by atoms with van der Waals surface area (Å²) in [4.78, 5) is 8.65. The van der Waals surface area contributed by atoms with Gasteiger partial charge in [-0.1, -0.05) is 6.92 Å². The van der Waals surface area contributed by atoms with E-state index in [1.54, 1.807) is 12.4 Å². The fraction of sp³-hybridized carbons (Fsp3) is 0.714. The highest BCUT2D eigenvalue weighted by atomic mass is 16.5. The van der Waals surface area contributed by atoms with Gasteiger partial charge in [-0.2, -0.15) is 0 Å². The molecular formula is C14H24N4O. The number of nitrogens with zero attached hydrogens (tertiary/aromatic N) is 2. The zero-order valence-corrected chi connectivity index (χ0v) is 11.7. The Bertz CT molecular complexity index is 366. The number of aromatic nitrogens is 2. The van der Waals surface area contributed by atoms with Gasteiger partial charge >= 0.3 is 0 Å². The number of rotatable bonds is 7. The number of hydrogen-bond donors (Lipinski definition) is 2. The van der Waals surface area contributed by atoms with Crippen LogP contribution in [0.15, 0.2) is 12.4 Å². The molecule has 1 atom stereocenters. The molecule has 1 aromatic rings. The topological polar surface area (TPSA) is 59.1 Å². The molecule has 0 radical (unpaired) electrons. The standard InChI is InChI=1S/C14H24N4O/c1-2-7-16-13-10-15-11-14(18-13)17-8-6-12-5-3-4-9-19-12/h10-12H,2-9H2,1H3,(H2,16,17,18). The van der Waals surface area contributed by atoms with Gasteiger partial charge in [0.25, 0.3) is 0 Å². The van der Waals surface area contributed by atoms with E-state index in [4.69, 9.17) is 4.74 Å². The minimum absolute atomic E-state index is 0.413. The Morgan fingerprint density at radius 3 is 2.68 bits per heavy atom. The van der Waals surface area contributed by atoms with Crippen LogP contribution in [0, 0.1) is 0 Å². The molecule has 5 heteroatoms. The summed E-state index contributed by atoms with van der Waals surface area (Å²) in [5, 5.41) is 6.55. The Kier molecular flexibility index (Phi) is 5.88. The molecule has 1 fully saturated rings. The Hall–Kier alpha value is -1.36. The normalized spacial score (nSPS) is 19.1. The Morgan fingerprint density at radius 2 is 2.00 bits per heavy atom. The molecule has 1 aromatic heterocycles. The molecule has 5 nitrogen and oxygen atoms in total. The Morgan fingerprint density at radius 1 is 1.21 bits per heavy atom. The van der Waals surface area contributed by atoms with Crippen molar-refractivity contribution in [3.63, 3.8) is 0 Å². The van der Waals surface area contributed by atoms with Gasteiger partial charge in [0, 0.05) is 19.7 Å². The van der Waals surface area contributed by atoms with Crippen molar-refractivity contribution in [2.75, 3.05) is 30.3 Å². The molecule has 0 amide bonds. The number of hydrogen-bond acceptors (Lipinski definition) is 5. The van der Waals surface area contributed by atoms with Gasteiger partial charge in [0.05, 0.1) is 18.5 Å². The van der Waals surface area contributed by atoms with E-state index in [1.165, 1.54) is 19.3 Å². The van der Waals surface area contributed by atoms with Crippen LogP contribution < -0.4 is 10.6 Å². The highest BCUT2D eigenvalue weighted by molar-refractivity contribution is 5.41. The van der Waals surface area contributed by atoms with Crippen LogP contribution in [0.2, 0.25) is 0 Å². The summed E-state index contributed by atoms with van der Waals surface area (Å²) in [6, 6.07) is 0. The van der Waals surface area contributed by atoms with Crippen LogP contribution in [-0.4, -0.2) is 35.8 Å². The van der Waals surface area contributed by atoms with Crippen molar-refractivity contribution >= 4 is 11.6 Å². The maximum atomic E-state index is 5.70. The van der Waals surface area contributed by atoms with Crippen molar-refractivity contribution in [1.82, 2.24) is 9.97 Å². The van der Waals surface area contributed by atoms with Gasteiger partial charge in [0.1, 0.15) is 11.6 Å². The first-order chi connectivity index (χ1) is 9.38. The van der Waals surface area contributed by atoms with Crippen LogP contribution >= 0.6 is 0 Å². The lowest BCUT2D eigenvalue weighted by molar-refractivity contribution is 0.0134. The van der Waals surface area contributed by atoms with E-state index in [-0.39, 0.29) is 0 Å². The van der Waals surface area contributed by atoms with E-state index in [0.29, 0.717) is 6.10 Å². The molecule has 0 aromatic carbocycles. The second-order valence-electron chi connectivity index (χ2n) is 4.92. The highest BCUT2D eigenvalue weighted by Crippen LogP contribution is 2.15. The molecule has 1 aliphatic rings. The maximum Gasteiger partial charge on any atom is 0.146 e. The molecule has 1 aliphatic heterocycles. The van der Waals surface area contributed by atoms with Crippen LogP contribution in [0.5, 0.6) is 0 Å². The molecular weight excluding hydrogens is 240 g/mol. The summed E-state index contributed by atoms with van der Waals surface area (Å²) in [6.07, 6.45) is 9.74. The zero-order valence-electron chi connectivity index (χ0n) is 11.7. The molecule has 2 heterocycles. The number of ether oxygens (including phenoxy) is 1. The van der Waals surface area contributed by atoms with Crippen LogP contribution in [0.4, 0.5) is 11.6 Å². The Balaban J connectivity index is 1.72. The van der Waals surface area contributed by atoms with Crippen LogP contribution in [0.1, 0.15) is 39.0 Å². The minimum atomic E-state index is 0.413. The number of anilines is 2. The van der Waals surface area contributed by atoms with E-state index in [1.807, 2.05) is 0 Å². The Labute approximate surface area is 115 Å². The van der Waals surface area contributed by atoms with Crippen molar-refractivity contribution in [3.8, 4) is 0 Å². The lowest BCUT2D eigenvalue weighted by Gasteiger charge is -2.22. The lowest BCUT2D eigenvalue weighted by Crippen LogP contribution is -2.22. The van der Waals surface area contributed by atoms with E-state index >= 15 is 0 Å². The maximum absolute atomic E-state index is 5.70. The van der Waals surface area contributed by atoms with Gasteiger partial charge in [-0.3, -0.25) is 4.98 Å². The third-order valence-corrected chi connectivity index (χ3v) is 3.24. The minimum Gasteiger partial charge on any atom is -0.378 e. The molecule has 1 saturated heterocycles. The number of nitrogens with one attached hydrogen (secondary N) is 2. The van der Waals surface area contributed by atoms with E-state index < -0.39 is 0 Å². The molecule has 2 rings (SSSR count). The fourth-order valence-electron chi connectivity index (χ4n) is 2.19. The van der Waals surface area contributed by atoms with Crippen LogP contribution in [0.3, 0.4) is 0 Å². The quantitative estimate of drug-likeness (QED) is 0.793. The lowest BCUT2D eigenvalue weighted by atomic mass is 10.1. The fourth-order valence-corrected chi connectivity index (χ4v) is 2.19. The molecule has 0 aliphatic carbocycles. The molecule has 0 bridgehead atoms. The molecule has 0 spiro atoms. The van der Waals surface area contributed by atoms with Gasteiger partial charge < -0.3 is 15.4 Å². The summed E-state index contributed by atoms with van der Waals surface area (Å²) in [7, 11) is 0. The van der Waals surface area contributed by atoms with Crippen molar-refractivity contribution in [1.29, 1.82) is 0 Å². The van der Waals surface area contributed by atoms with Crippen LogP contribution in [0.25, 0.3) is 0 Å². The van der Waals surface area contributed by atoms with Gasteiger partial charge in [-0.25, -0.2) is 4.98 Å². The predicted octanol–water partition coefficient (Wildman–Crippen LogP) is 2.67. The van der Waals surface area contributed by atoms with Gasteiger partial charge in [0.15, 0.2) is 0 Å². The van der Waals surface area contributed by atoms with E-state index in [9.17, 15) is 0 Å². The smallest absolute Gasteiger partial charge is 0.146 e. The molecule has 1 unspecified atom stereocenters. The third kappa shape index (κ3) is 5.03. The van der Waals surface area contributed by atoms with E-state index in [0.717, 1.165) is 44.2 Å². The average molecular weight is 264 g/mol. The summed E-state index contributed by atoms with van der Waals surface area (Å²) in [5.41, 5.74) is 0. The van der Waals surface area contributed by atoms with E-state index in [2.05, 4.69) is 27.5 Å². The van der Waals surface area contributed by atoms with Gasteiger partial charge in [-0.15, -0.1) is 0 Å². The SMILES string of the molecule is CCCNc1cncc(NCCC2CCCCO2)n1. The zero-order chi connectivity index (χ0) is 13.3. The first-order valence-corrected chi connectivity index (χ1v) is 7.30. The van der Waals surface area contributed by atoms with Crippen LogP contribution in [-0.2, 0) is 4.74 Å². The summed E-state index contributed by atoms with van der Waals surface area (Å²) in [5.74, 6) is 1.66. The van der Waals surface area contributed by atoms with Gasteiger partial charge in [-0.05, 0) is 32.1 Å². The summed E-state index contributed by atoms with van der Waals surface area (Å²) in [6.45, 7) is 4.86. The van der Waals surface area contributed by atoms with Crippen molar-refractivity contribution in [2.45, 2.75) is 45.1 Å². The van der Waals surface area contributed by atoms with Crippen molar-refractivity contribution in [2.24, 2.45) is 0 Å².